The maximum Gasteiger partial charge on any atom is 0.248 e. The summed E-state index contributed by atoms with van der Waals surface area (Å²) in [6.07, 6.45) is 3.41. The van der Waals surface area contributed by atoms with E-state index in [1.54, 1.807) is 4.57 Å². The molecule has 6 heteroatoms. The van der Waals surface area contributed by atoms with Crippen molar-refractivity contribution in [1.29, 1.82) is 0 Å². The van der Waals surface area contributed by atoms with Crippen LogP contribution in [0.2, 0.25) is 0 Å². The van der Waals surface area contributed by atoms with Gasteiger partial charge in [-0.3, -0.25) is 9.36 Å². The number of nitrogens with two attached hydrogens (primary N) is 1. The fourth-order valence-corrected chi connectivity index (χ4v) is 3.11. The third kappa shape index (κ3) is 5.56. The highest BCUT2D eigenvalue weighted by atomic mass is 35.5. The van der Waals surface area contributed by atoms with E-state index in [2.05, 4.69) is 25.1 Å². The molecule has 3 aromatic rings. The largest absolute Gasteiger partial charge is 0.320 e. The Morgan fingerprint density at radius 3 is 2.33 bits per heavy atom. The average Bonchev–Trinajstić information content (AvgIpc) is 2.99. The van der Waals surface area contributed by atoms with Crippen LogP contribution < -0.4 is 5.73 Å². The van der Waals surface area contributed by atoms with Crippen molar-refractivity contribution in [2.24, 2.45) is 5.73 Å². The maximum atomic E-state index is 12.9. The molecular formula is C21H27Cl2N3O. The molecule has 0 radical (unpaired) electrons. The Kier molecular flexibility index (Phi) is 9.00. The second-order valence-corrected chi connectivity index (χ2v) is 6.73. The van der Waals surface area contributed by atoms with Gasteiger partial charge >= 0.3 is 0 Å². The van der Waals surface area contributed by atoms with Crippen LogP contribution in [0.1, 0.15) is 15.9 Å². The fraction of sp³-hybridized carbons (Fsp3) is 0.286. The number of para-hydroxylation sites is 1. The Morgan fingerprint density at radius 2 is 1.67 bits per heavy atom. The summed E-state index contributed by atoms with van der Waals surface area (Å²) in [4.78, 5) is 15.1. The van der Waals surface area contributed by atoms with Gasteiger partial charge in [0.05, 0.1) is 11.6 Å². The number of carbonyl (C=O) groups is 1. The van der Waals surface area contributed by atoms with E-state index < -0.39 is 6.04 Å². The van der Waals surface area contributed by atoms with Crippen LogP contribution in [0, 0.1) is 0 Å². The fourth-order valence-electron chi connectivity index (χ4n) is 3.11. The highest BCUT2D eigenvalue weighted by Crippen LogP contribution is 2.22. The highest BCUT2D eigenvalue weighted by molar-refractivity contribution is 5.96. The number of halogens is 2. The predicted octanol–water partition coefficient (Wildman–Crippen LogP) is 3.80. The zero-order chi connectivity index (χ0) is 17.8. The first-order chi connectivity index (χ1) is 12.1. The number of likely N-dealkylation sites (N-methyl/N-ethyl adjacent to an activating group) is 1. The van der Waals surface area contributed by atoms with Crippen LogP contribution in [-0.4, -0.2) is 42.1 Å². The number of nitrogens with zero attached hydrogens (tertiary/aromatic N) is 2. The topological polar surface area (TPSA) is 51.3 Å². The Labute approximate surface area is 173 Å². The molecule has 1 heterocycles. The van der Waals surface area contributed by atoms with Crippen LogP contribution in [0.5, 0.6) is 0 Å². The molecule has 0 spiro atoms. The van der Waals surface area contributed by atoms with E-state index in [0.29, 0.717) is 6.42 Å². The summed E-state index contributed by atoms with van der Waals surface area (Å²) in [6.45, 7) is 0.943. The average molecular weight is 408 g/mol. The van der Waals surface area contributed by atoms with Gasteiger partial charge in [0.2, 0.25) is 5.91 Å². The summed E-state index contributed by atoms with van der Waals surface area (Å²) in [6, 6.07) is 17.4. The van der Waals surface area contributed by atoms with Gasteiger partial charge in [-0.15, -0.1) is 24.8 Å². The minimum Gasteiger partial charge on any atom is -0.320 e. The molecule has 27 heavy (non-hydrogen) atoms. The molecule has 4 nitrogen and oxygen atoms in total. The molecule has 0 aliphatic heterocycles. The summed E-state index contributed by atoms with van der Waals surface area (Å²) in [7, 11) is 4.11. The Bertz CT molecular complexity index is 862. The smallest absolute Gasteiger partial charge is 0.248 e. The first-order valence-corrected chi connectivity index (χ1v) is 8.63. The zero-order valence-corrected chi connectivity index (χ0v) is 17.3. The Balaban J connectivity index is 0.00000182. The number of aromatic nitrogens is 1. The van der Waals surface area contributed by atoms with Crippen LogP contribution in [0.3, 0.4) is 0 Å². The second-order valence-electron chi connectivity index (χ2n) is 6.73. The van der Waals surface area contributed by atoms with E-state index in [0.717, 1.165) is 29.4 Å². The maximum absolute atomic E-state index is 12.9. The number of hydrogen-bond acceptors (Lipinski definition) is 3. The van der Waals surface area contributed by atoms with Gasteiger partial charge in [-0.05, 0) is 44.1 Å². The zero-order valence-electron chi connectivity index (χ0n) is 15.7. The summed E-state index contributed by atoms with van der Waals surface area (Å²) >= 11 is 0. The molecule has 0 saturated heterocycles. The van der Waals surface area contributed by atoms with Crippen molar-refractivity contribution in [3.05, 3.63) is 71.9 Å². The van der Waals surface area contributed by atoms with E-state index in [9.17, 15) is 4.79 Å². The van der Waals surface area contributed by atoms with Crippen molar-refractivity contribution in [1.82, 2.24) is 9.47 Å². The lowest BCUT2D eigenvalue weighted by Gasteiger charge is -2.12. The molecule has 1 atom stereocenters. The highest BCUT2D eigenvalue weighted by Gasteiger charge is 2.19. The molecule has 1 aromatic heterocycles. The van der Waals surface area contributed by atoms with Crippen LogP contribution in [0.25, 0.3) is 10.9 Å². The molecule has 2 N–H and O–H groups in total. The van der Waals surface area contributed by atoms with E-state index in [4.69, 9.17) is 5.73 Å². The lowest BCUT2D eigenvalue weighted by Crippen LogP contribution is -2.36. The molecule has 0 aliphatic rings. The van der Waals surface area contributed by atoms with Gasteiger partial charge in [-0.2, -0.15) is 0 Å². The van der Waals surface area contributed by atoms with Crippen molar-refractivity contribution in [2.75, 3.05) is 20.6 Å². The van der Waals surface area contributed by atoms with Gasteiger partial charge in [-0.25, -0.2) is 0 Å². The normalized spacial score (nSPS) is 11.7. The second kappa shape index (κ2) is 10.5. The Hall–Kier alpha value is -1.85. The molecule has 146 valence electrons. The minimum atomic E-state index is -0.556. The quantitative estimate of drug-likeness (QED) is 0.675. The molecule has 0 aliphatic carbocycles. The van der Waals surface area contributed by atoms with Crippen LogP contribution in [0.4, 0.5) is 0 Å². The number of hydrogen-bond donors (Lipinski definition) is 1. The van der Waals surface area contributed by atoms with Gasteiger partial charge < -0.3 is 10.6 Å². The molecule has 0 fully saturated rings. The number of fused-ring (bicyclic) bond motifs is 1. The summed E-state index contributed by atoms with van der Waals surface area (Å²) in [5.41, 5.74) is 9.42. The Morgan fingerprint density at radius 1 is 1.04 bits per heavy atom. The van der Waals surface area contributed by atoms with Crippen LogP contribution in [0.15, 0.2) is 60.8 Å². The van der Waals surface area contributed by atoms with E-state index >= 15 is 0 Å². The predicted molar refractivity (Wildman–Crippen MR) is 117 cm³/mol. The van der Waals surface area contributed by atoms with Crippen molar-refractivity contribution >= 4 is 41.6 Å². The molecule has 0 saturated carbocycles. The third-order valence-corrected chi connectivity index (χ3v) is 4.48. The summed E-state index contributed by atoms with van der Waals surface area (Å²) in [5.74, 6) is -0.0591. The molecule has 0 amide bonds. The van der Waals surface area contributed by atoms with Crippen molar-refractivity contribution < 1.29 is 4.79 Å². The lowest BCUT2D eigenvalue weighted by atomic mass is 10.1. The number of rotatable bonds is 6. The van der Waals surface area contributed by atoms with Gasteiger partial charge in [0, 0.05) is 18.1 Å². The lowest BCUT2D eigenvalue weighted by molar-refractivity contribution is 0.0884. The van der Waals surface area contributed by atoms with Crippen molar-refractivity contribution in [3.8, 4) is 0 Å². The minimum absolute atomic E-state index is 0. The van der Waals surface area contributed by atoms with Crippen LogP contribution >= 0.6 is 24.8 Å². The standard InChI is InChI=1S/C21H25N3O.2ClH/c1-23(2)13-12-17-15-24(20-11-7-6-10-18(17)20)21(25)19(22)14-16-8-4-3-5-9-16;;/h3-11,15,19H,12-14,22H2,1-2H3;2*1H. The number of carbonyl (C=O) groups excluding carboxylic acids is 1. The molecular weight excluding hydrogens is 381 g/mol. The van der Waals surface area contributed by atoms with Crippen molar-refractivity contribution in [3.63, 3.8) is 0 Å². The molecule has 0 bridgehead atoms. The first-order valence-electron chi connectivity index (χ1n) is 8.63. The van der Waals surface area contributed by atoms with Gasteiger partial charge in [0.1, 0.15) is 0 Å². The summed E-state index contributed by atoms with van der Waals surface area (Å²) in [5, 5.41) is 1.13. The van der Waals surface area contributed by atoms with E-state index in [-0.39, 0.29) is 30.7 Å². The SMILES string of the molecule is CN(C)CCc1cn(C(=O)C(N)Cc2ccccc2)c2ccccc12.Cl.Cl. The monoisotopic (exact) mass is 407 g/mol. The van der Waals surface area contributed by atoms with Crippen molar-refractivity contribution in [2.45, 2.75) is 18.9 Å². The first kappa shape index (κ1) is 23.2. The molecule has 3 rings (SSSR count). The van der Waals surface area contributed by atoms with Gasteiger partial charge in [0.15, 0.2) is 0 Å². The molecule has 2 aromatic carbocycles. The third-order valence-electron chi connectivity index (χ3n) is 4.48. The number of benzene rings is 2. The van der Waals surface area contributed by atoms with Crippen LogP contribution in [-0.2, 0) is 12.8 Å². The molecule has 1 unspecified atom stereocenters. The van der Waals surface area contributed by atoms with Gasteiger partial charge in [-0.1, -0.05) is 48.5 Å². The summed E-state index contributed by atoms with van der Waals surface area (Å²) < 4.78 is 1.73. The van der Waals surface area contributed by atoms with Gasteiger partial charge in [0.25, 0.3) is 0 Å². The van der Waals surface area contributed by atoms with E-state index in [1.165, 1.54) is 5.56 Å². The van der Waals surface area contributed by atoms with E-state index in [1.807, 2.05) is 54.7 Å².